The Kier molecular flexibility index (Phi) is 6.66. The molecule has 2 N–H and O–H groups in total. The highest BCUT2D eigenvalue weighted by molar-refractivity contribution is 8.01. The number of hydrogen-bond donors (Lipinski definition) is 2. The quantitative estimate of drug-likeness (QED) is 0.553. The van der Waals surface area contributed by atoms with Crippen molar-refractivity contribution in [3.8, 4) is 0 Å². The van der Waals surface area contributed by atoms with Crippen molar-refractivity contribution in [1.29, 1.82) is 0 Å². The largest absolute Gasteiger partial charge is 0.376 e. The summed E-state index contributed by atoms with van der Waals surface area (Å²) in [6, 6.07) is 5.19. The molecule has 12 heteroatoms. The Morgan fingerprint density at radius 3 is 2.59 bits per heavy atom. The average Bonchev–Trinajstić information content (AvgIpc) is 3.35. The Labute approximate surface area is 178 Å². The first-order valence-corrected chi connectivity index (χ1v) is 12.2. The first-order chi connectivity index (χ1) is 13.7. The number of amides is 1. The van der Waals surface area contributed by atoms with Crippen molar-refractivity contribution in [3.63, 3.8) is 0 Å². The standard InChI is InChI=1S/C17H24N6O3S3/c1-22(2)14-8-7-12(29(25,26)23(3)4)9-13(14)19-15(24)10-27-17-21-20-16(28-17)18-11-5-6-11/h7-9,11H,5-6,10H2,1-4H3,(H,18,20)(H,19,24). The van der Waals surface area contributed by atoms with E-state index in [4.69, 9.17) is 0 Å². The number of anilines is 3. The maximum Gasteiger partial charge on any atom is 0.242 e. The van der Waals surface area contributed by atoms with Gasteiger partial charge in [-0.05, 0) is 31.0 Å². The molecule has 0 bridgehead atoms. The second-order valence-corrected chi connectivity index (χ2v) is 11.3. The minimum Gasteiger partial charge on any atom is -0.376 e. The molecule has 3 rings (SSSR count). The second-order valence-electron chi connectivity index (χ2n) is 6.99. The van der Waals surface area contributed by atoms with Crippen LogP contribution in [0.3, 0.4) is 0 Å². The Hall–Kier alpha value is -1.89. The predicted molar refractivity (Wildman–Crippen MR) is 118 cm³/mol. The van der Waals surface area contributed by atoms with Crippen molar-refractivity contribution in [2.75, 3.05) is 49.5 Å². The molecule has 1 aromatic carbocycles. The van der Waals surface area contributed by atoms with Crippen molar-refractivity contribution < 1.29 is 13.2 Å². The van der Waals surface area contributed by atoms with Crippen molar-refractivity contribution >= 4 is 55.5 Å². The van der Waals surface area contributed by atoms with Gasteiger partial charge in [0.05, 0.1) is 22.0 Å². The summed E-state index contributed by atoms with van der Waals surface area (Å²) in [5.41, 5.74) is 1.16. The first-order valence-electron chi connectivity index (χ1n) is 8.93. The number of benzene rings is 1. The molecular weight excluding hydrogens is 432 g/mol. The molecule has 0 spiro atoms. The highest BCUT2D eigenvalue weighted by Crippen LogP contribution is 2.31. The molecule has 0 saturated heterocycles. The van der Waals surface area contributed by atoms with Gasteiger partial charge < -0.3 is 15.5 Å². The van der Waals surface area contributed by atoms with E-state index >= 15 is 0 Å². The Morgan fingerprint density at radius 2 is 1.97 bits per heavy atom. The Bertz CT molecular complexity index is 986. The summed E-state index contributed by atoms with van der Waals surface area (Å²) in [6.07, 6.45) is 2.31. The number of nitrogens with one attached hydrogen (secondary N) is 2. The van der Waals surface area contributed by atoms with E-state index in [0.29, 0.717) is 21.8 Å². The molecule has 9 nitrogen and oxygen atoms in total. The molecule has 1 saturated carbocycles. The van der Waals surface area contributed by atoms with Crippen LogP contribution in [0.25, 0.3) is 0 Å². The zero-order valence-electron chi connectivity index (χ0n) is 16.7. The summed E-state index contributed by atoms with van der Waals surface area (Å²) in [5.74, 6) is -0.0975. The van der Waals surface area contributed by atoms with Gasteiger partial charge in [-0.2, -0.15) is 0 Å². The smallest absolute Gasteiger partial charge is 0.242 e. The fourth-order valence-corrected chi connectivity index (χ4v) is 4.98. The molecular formula is C17H24N6O3S3. The maximum absolute atomic E-state index is 12.5. The average molecular weight is 457 g/mol. The van der Waals surface area contributed by atoms with Gasteiger partial charge in [-0.15, -0.1) is 10.2 Å². The molecule has 1 aliphatic rings. The molecule has 0 atom stereocenters. The van der Waals surface area contributed by atoms with E-state index < -0.39 is 10.0 Å². The van der Waals surface area contributed by atoms with Crippen LogP contribution < -0.4 is 15.5 Å². The molecule has 29 heavy (non-hydrogen) atoms. The van der Waals surface area contributed by atoms with Gasteiger partial charge in [0.25, 0.3) is 0 Å². The van der Waals surface area contributed by atoms with Crippen LogP contribution in [0.1, 0.15) is 12.8 Å². The molecule has 1 heterocycles. The van der Waals surface area contributed by atoms with Crippen LogP contribution in [0.15, 0.2) is 27.4 Å². The van der Waals surface area contributed by atoms with E-state index in [9.17, 15) is 13.2 Å². The van der Waals surface area contributed by atoms with Crippen LogP contribution in [0.2, 0.25) is 0 Å². The van der Waals surface area contributed by atoms with Gasteiger partial charge in [0.2, 0.25) is 21.1 Å². The highest BCUT2D eigenvalue weighted by atomic mass is 32.2. The third kappa shape index (κ3) is 5.59. The number of hydrogen-bond acceptors (Lipinski definition) is 9. The van der Waals surface area contributed by atoms with Gasteiger partial charge >= 0.3 is 0 Å². The number of carbonyl (C=O) groups is 1. The van der Waals surface area contributed by atoms with E-state index in [1.54, 1.807) is 6.07 Å². The third-order valence-electron chi connectivity index (χ3n) is 4.14. The number of carbonyl (C=O) groups excluding carboxylic acids is 1. The molecule has 0 aliphatic heterocycles. The monoisotopic (exact) mass is 456 g/mol. The van der Waals surface area contributed by atoms with E-state index in [-0.39, 0.29) is 16.6 Å². The van der Waals surface area contributed by atoms with Crippen LogP contribution in [-0.4, -0.2) is 68.8 Å². The number of sulfonamides is 1. The lowest BCUT2D eigenvalue weighted by Gasteiger charge is -2.20. The normalized spacial score (nSPS) is 14.1. The molecule has 1 fully saturated rings. The molecule has 1 amide bonds. The molecule has 0 unspecified atom stereocenters. The SMILES string of the molecule is CN(C)c1ccc(S(=O)(=O)N(C)C)cc1NC(=O)CSc1nnc(NC2CC2)s1. The zero-order chi connectivity index (χ0) is 21.2. The van der Waals surface area contributed by atoms with Crippen molar-refractivity contribution in [1.82, 2.24) is 14.5 Å². The summed E-state index contributed by atoms with van der Waals surface area (Å²) in [5, 5.41) is 15.0. The lowest BCUT2D eigenvalue weighted by molar-refractivity contribution is -0.113. The van der Waals surface area contributed by atoms with Gasteiger partial charge in [0.1, 0.15) is 0 Å². The summed E-state index contributed by atoms with van der Waals surface area (Å²) in [4.78, 5) is 14.4. The lowest BCUT2D eigenvalue weighted by Crippen LogP contribution is -2.23. The minimum atomic E-state index is -3.60. The summed E-state index contributed by atoms with van der Waals surface area (Å²) >= 11 is 2.72. The summed E-state index contributed by atoms with van der Waals surface area (Å²) < 4.78 is 26.7. The number of rotatable bonds is 9. The maximum atomic E-state index is 12.5. The summed E-state index contributed by atoms with van der Waals surface area (Å²) in [6.45, 7) is 0. The van der Waals surface area contributed by atoms with Gasteiger partial charge in [0.15, 0.2) is 4.34 Å². The van der Waals surface area contributed by atoms with Gasteiger partial charge in [-0.3, -0.25) is 4.79 Å². The topological polar surface area (TPSA) is 108 Å². The molecule has 1 aliphatic carbocycles. The van der Waals surface area contributed by atoms with E-state index in [1.807, 2.05) is 19.0 Å². The van der Waals surface area contributed by atoms with E-state index in [1.165, 1.54) is 49.3 Å². The Morgan fingerprint density at radius 1 is 1.24 bits per heavy atom. The van der Waals surface area contributed by atoms with E-state index in [2.05, 4.69) is 20.8 Å². The second kappa shape index (κ2) is 8.86. The Balaban J connectivity index is 1.68. The van der Waals surface area contributed by atoms with Gasteiger partial charge in [0, 0.05) is 34.2 Å². The molecule has 2 aromatic rings. The van der Waals surface area contributed by atoms with Crippen LogP contribution in [-0.2, 0) is 14.8 Å². The van der Waals surface area contributed by atoms with Gasteiger partial charge in [-0.1, -0.05) is 23.1 Å². The van der Waals surface area contributed by atoms with Gasteiger partial charge in [-0.25, -0.2) is 12.7 Å². The summed E-state index contributed by atoms with van der Waals surface area (Å²) in [7, 11) is 3.00. The molecule has 1 aromatic heterocycles. The number of thioether (sulfide) groups is 1. The van der Waals surface area contributed by atoms with Crippen LogP contribution in [0.5, 0.6) is 0 Å². The van der Waals surface area contributed by atoms with Crippen molar-refractivity contribution in [2.24, 2.45) is 0 Å². The van der Waals surface area contributed by atoms with E-state index in [0.717, 1.165) is 22.3 Å². The molecule has 0 radical (unpaired) electrons. The number of nitrogens with zero attached hydrogens (tertiary/aromatic N) is 4. The zero-order valence-corrected chi connectivity index (χ0v) is 19.1. The fraction of sp³-hybridized carbons (Fsp3) is 0.471. The highest BCUT2D eigenvalue weighted by Gasteiger charge is 2.23. The third-order valence-corrected chi connectivity index (χ3v) is 7.94. The predicted octanol–water partition coefficient (Wildman–Crippen LogP) is 2.16. The number of aromatic nitrogens is 2. The van der Waals surface area contributed by atoms with Crippen molar-refractivity contribution in [3.05, 3.63) is 18.2 Å². The van der Waals surface area contributed by atoms with Crippen LogP contribution >= 0.6 is 23.1 Å². The lowest BCUT2D eigenvalue weighted by atomic mass is 10.2. The minimum absolute atomic E-state index is 0.121. The fourth-order valence-electron chi connectivity index (χ4n) is 2.42. The van der Waals surface area contributed by atoms with Crippen LogP contribution in [0, 0.1) is 0 Å². The molecule has 158 valence electrons. The first kappa shape index (κ1) is 21.8. The van der Waals surface area contributed by atoms with Crippen molar-refractivity contribution in [2.45, 2.75) is 28.1 Å². The van der Waals surface area contributed by atoms with Crippen LogP contribution in [0.4, 0.5) is 16.5 Å².